The zero-order valence-corrected chi connectivity index (χ0v) is 11.8. The third-order valence-corrected chi connectivity index (χ3v) is 4.82. The number of rotatable bonds is 4. The van der Waals surface area contributed by atoms with E-state index in [-0.39, 0.29) is 0 Å². The molecule has 1 aromatic heterocycles. The van der Waals surface area contributed by atoms with Crippen molar-refractivity contribution in [3.63, 3.8) is 0 Å². The molecular weight excluding hydrogens is 254 g/mol. The molecule has 0 radical (unpaired) electrons. The van der Waals surface area contributed by atoms with Crippen LogP contribution >= 0.6 is 23.4 Å². The minimum absolute atomic E-state index is 0.515. The maximum atomic E-state index is 6.09. The summed E-state index contributed by atoms with van der Waals surface area (Å²) in [4.78, 5) is 8.36. The van der Waals surface area contributed by atoms with Gasteiger partial charge in [-0.05, 0) is 25.5 Å². The Morgan fingerprint density at radius 1 is 1.47 bits per heavy atom. The van der Waals surface area contributed by atoms with Crippen molar-refractivity contribution in [3.8, 4) is 0 Å². The van der Waals surface area contributed by atoms with Gasteiger partial charge in [0.15, 0.2) is 0 Å². The minimum atomic E-state index is 0.515. The fourth-order valence-corrected chi connectivity index (χ4v) is 3.58. The molecule has 0 aromatic carbocycles. The lowest BCUT2D eigenvalue weighted by molar-refractivity contribution is 0.759. The van der Waals surface area contributed by atoms with Crippen LogP contribution in [-0.2, 0) is 6.42 Å². The van der Waals surface area contributed by atoms with Crippen molar-refractivity contribution in [2.45, 2.75) is 43.9 Å². The molecule has 1 aliphatic rings. The number of halogens is 1. The molecule has 1 heterocycles. The minimum Gasteiger partial charge on any atom is -0.366 e. The van der Waals surface area contributed by atoms with Crippen LogP contribution < -0.4 is 5.32 Å². The molecule has 94 valence electrons. The van der Waals surface area contributed by atoms with Crippen LogP contribution in [0.5, 0.6) is 0 Å². The molecule has 0 spiro atoms. The molecule has 1 aromatic rings. The van der Waals surface area contributed by atoms with Crippen molar-refractivity contribution in [2.75, 3.05) is 11.6 Å². The SMILES string of the molecule is CCc1c(Cl)ncnc1NC1CCCC1SC. The van der Waals surface area contributed by atoms with E-state index in [0.29, 0.717) is 16.4 Å². The highest BCUT2D eigenvalue weighted by Gasteiger charge is 2.27. The Morgan fingerprint density at radius 3 is 3.00 bits per heavy atom. The topological polar surface area (TPSA) is 37.8 Å². The lowest BCUT2D eigenvalue weighted by atomic mass is 10.2. The highest BCUT2D eigenvalue weighted by Crippen LogP contribution is 2.31. The average Bonchev–Trinajstić information content (AvgIpc) is 2.77. The Bertz CT molecular complexity index is 386. The first kappa shape index (κ1) is 13.0. The molecule has 0 amide bonds. The van der Waals surface area contributed by atoms with Gasteiger partial charge < -0.3 is 5.32 Å². The summed E-state index contributed by atoms with van der Waals surface area (Å²) in [7, 11) is 0. The number of hydrogen-bond donors (Lipinski definition) is 1. The zero-order chi connectivity index (χ0) is 12.3. The summed E-state index contributed by atoms with van der Waals surface area (Å²) >= 11 is 8.03. The van der Waals surface area contributed by atoms with E-state index in [2.05, 4.69) is 28.5 Å². The van der Waals surface area contributed by atoms with Crippen molar-refractivity contribution in [1.82, 2.24) is 9.97 Å². The van der Waals surface area contributed by atoms with E-state index in [1.807, 2.05) is 11.8 Å². The normalized spacial score (nSPS) is 23.9. The number of hydrogen-bond acceptors (Lipinski definition) is 4. The molecule has 0 bridgehead atoms. The van der Waals surface area contributed by atoms with Gasteiger partial charge in [0.1, 0.15) is 17.3 Å². The predicted molar refractivity (Wildman–Crippen MR) is 75.0 cm³/mol. The number of thioether (sulfide) groups is 1. The third-order valence-electron chi connectivity index (χ3n) is 3.32. The molecule has 2 unspecified atom stereocenters. The van der Waals surface area contributed by atoms with E-state index in [1.165, 1.54) is 25.6 Å². The molecule has 3 nitrogen and oxygen atoms in total. The van der Waals surface area contributed by atoms with Gasteiger partial charge in [0, 0.05) is 16.9 Å². The Balaban J connectivity index is 2.15. The summed E-state index contributed by atoms with van der Waals surface area (Å²) in [6.45, 7) is 2.08. The quantitative estimate of drug-likeness (QED) is 0.852. The highest BCUT2D eigenvalue weighted by atomic mass is 35.5. The summed E-state index contributed by atoms with van der Waals surface area (Å²) in [6, 6.07) is 0.515. The van der Waals surface area contributed by atoms with Crippen molar-refractivity contribution < 1.29 is 0 Å². The summed E-state index contributed by atoms with van der Waals surface area (Å²) in [5, 5.41) is 4.81. The third kappa shape index (κ3) is 2.86. The van der Waals surface area contributed by atoms with Gasteiger partial charge in [0.2, 0.25) is 0 Å². The molecule has 2 rings (SSSR count). The summed E-state index contributed by atoms with van der Waals surface area (Å²) < 4.78 is 0. The zero-order valence-electron chi connectivity index (χ0n) is 10.2. The molecule has 1 aliphatic carbocycles. The molecule has 1 fully saturated rings. The first-order chi connectivity index (χ1) is 8.26. The summed E-state index contributed by atoms with van der Waals surface area (Å²) in [5.74, 6) is 0.915. The number of nitrogens with zero attached hydrogens (tertiary/aromatic N) is 2. The molecule has 5 heteroatoms. The second-order valence-electron chi connectivity index (χ2n) is 4.30. The van der Waals surface area contributed by atoms with Gasteiger partial charge in [0.25, 0.3) is 0 Å². The van der Waals surface area contributed by atoms with Crippen LogP contribution in [0.1, 0.15) is 31.7 Å². The van der Waals surface area contributed by atoms with E-state index in [4.69, 9.17) is 11.6 Å². The molecule has 1 N–H and O–H groups in total. The van der Waals surface area contributed by atoms with Crippen LogP contribution in [-0.4, -0.2) is 27.5 Å². The Labute approximate surface area is 112 Å². The Kier molecular flexibility index (Phi) is 4.51. The van der Waals surface area contributed by atoms with Gasteiger partial charge >= 0.3 is 0 Å². The van der Waals surface area contributed by atoms with E-state index in [9.17, 15) is 0 Å². The number of aromatic nitrogens is 2. The van der Waals surface area contributed by atoms with E-state index in [0.717, 1.165) is 17.8 Å². The van der Waals surface area contributed by atoms with Crippen LogP contribution in [0.15, 0.2) is 6.33 Å². The fraction of sp³-hybridized carbons (Fsp3) is 0.667. The average molecular weight is 272 g/mol. The monoisotopic (exact) mass is 271 g/mol. The number of anilines is 1. The van der Waals surface area contributed by atoms with Gasteiger partial charge in [-0.15, -0.1) is 0 Å². The van der Waals surface area contributed by atoms with Crippen molar-refractivity contribution in [3.05, 3.63) is 17.0 Å². The van der Waals surface area contributed by atoms with Crippen molar-refractivity contribution in [2.24, 2.45) is 0 Å². The van der Waals surface area contributed by atoms with E-state index in [1.54, 1.807) is 0 Å². The molecule has 2 atom stereocenters. The molecule has 0 aliphatic heterocycles. The van der Waals surface area contributed by atoms with Gasteiger partial charge in [-0.25, -0.2) is 9.97 Å². The van der Waals surface area contributed by atoms with Crippen molar-refractivity contribution in [1.29, 1.82) is 0 Å². The second kappa shape index (κ2) is 5.91. The predicted octanol–water partition coefficient (Wildman–Crippen LogP) is 3.39. The summed E-state index contributed by atoms with van der Waals surface area (Å²) in [6.07, 6.45) is 8.38. The summed E-state index contributed by atoms with van der Waals surface area (Å²) in [5.41, 5.74) is 1.03. The van der Waals surface area contributed by atoms with Crippen LogP contribution in [0, 0.1) is 0 Å². The van der Waals surface area contributed by atoms with E-state index < -0.39 is 0 Å². The van der Waals surface area contributed by atoms with Crippen LogP contribution in [0.3, 0.4) is 0 Å². The highest BCUT2D eigenvalue weighted by molar-refractivity contribution is 7.99. The Morgan fingerprint density at radius 2 is 2.29 bits per heavy atom. The second-order valence-corrected chi connectivity index (χ2v) is 5.74. The maximum Gasteiger partial charge on any atom is 0.137 e. The van der Waals surface area contributed by atoms with Crippen LogP contribution in [0.25, 0.3) is 0 Å². The molecule has 17 heavy (non-hydrogen) atoms. The van der Waals surface area contributed by atoms with Crippen LogP contribution in [0.2, 0.25) is 5.15 Å². The standard InChI is InChI=1S/C12H18ClN3S/c1-3-8-11(13)14-7-15-12(8)16-9-5-4-6-10(9)17-2/h7,9-10H,3-6H2,1-2H3,(H,14,15,16). The Hall–Kier alpha value is -0.480. The van der Waals surface area contributed by atoms with Gasteiger partial charge in [-0.3, -0.25) is 0 Å². The van der Waals surface area contributed by atoms with Crippen LogP contribution in [0.4, 0.5) is 5.82 Å². The fourth-order valence-electron chi connectivity index (χ4n) is 2.38. The smallest absolute Gasteiger partial charge is 0.137 e. The lowest BCUT2D eigenvalue weighted by Gasteiger charge is -2.21. The molecule has 1 saturated carbocycles. The van der Waals surface area contributed by atoms with Gasteiger partial charge in [-0.1, -0.05) is 24.9 Å². The van der Waals surface area contributed by atoms with Crippen molar-refractivity contribution >= 4 is 29.2 Å². The first-order valence-electron chi connectivity index (χ1n) is 6.05. The lowest BCUT2D eigenvalue weighted by Crippen LogP contribution is -2.27. The first-order valence-corrected chi connectivity index (χ1v) is 7.71. The molecular formula is C12H18ClN3S. The molecule has 0 saturated heterocycles. The van der Waals surface area contributed by atoms with Gasteiger partial charge in [-0.2, -0.15) is 11.8 Å². The maximum absolute atomic E-state index is 6.09. The largest absolute Gasteiger partial charge is 0.366 e. The number of nitrogens with one attached hydrogen (secondary N) is 1. The van der Waals surface area contributed by atoms with E-state index >= 15 is 0 Å². The van der Waals surface area contributed by atoms with Gasteiger partial charge in [0.05, 0.1) is 0 Å².